The van der Waals surface area contributed by atoms with E-state index in [1.165, 1.54) is 16.7 Å². The van der Waals surface area contributed by atoms with Crippen molar-refractivity contribution < 1.29 is 0 Å². The largest absolute Gasteiger partial charge is 0.317 e. The SMILES string of the molecule is CCNCC(C)C(C)c1ccc(-c2ccccc2)cc1. The Hall–Kier alpha value is -1.60. The van der Waals surface area contributed by atoms with E-state index >= 15 is 0 Å². The molecule has 0 aliphatic carbocycles. The maximum Gasteiger partial charge on any atom is -0.00175 e. The van der Waals surface area contributed by atoms with E-state index < -0.39 is 0 Å². The molecular formula is C19H25N. The molecule has 1 nitrogen and oxygen atoms in total. The average Bonchev–Trinajstić information content (AvgIpc) is 2.53. The monoisotopic (exact) mass is 267 g/mol. The lowest BCUT2D eigenvalue weighted by molar-refractivity contribution is 0.454. The molecule has 0 bridgehead atoms. The van der Waals surface area contributed by atoms with E-state index in [1.54, 1.807) is 0 Å². The van der Waals surface area contributed by atoms with Gasteiger partial charge < -0.3 is 5.32 Å². The van der Waals surface area contributed by atoms with Crippen molar-refractivity contribution in [3.05, 3.63) is 60.2 Å². The first-order chi connectivity index (χ1) is 9.72. The summed E-state index contributed by atoms with van der Waals surface area (Å²) in [7, 11) is 0. The van der Waals surface area contributed by atoms with Gasteiger partial charge in [0.2, 0.25) is 0 Å². The van der Waals surface area contributed by atoms with Crippen molar-refractivity contribution in [2.24, 2.45) is 5.92 Å². The minimum Gasteiger partial charge on any atom is -0.317 e. The second-order valence-corrected chi connectivity index (χ2v) is 5.56. The summed E-state index contributed by atoms with van der Waals surface area (Å²) < 4.78 is 0. The van der Waals surface area contributed by atoms with Gasteiger partial charge in [0.1, 0.15) is 0 Å². The zero-order valence-corrected chi connectivity index (χ0v) is 12.8. The third-order valence-corrected chi connectivity index (χ3v) is 4.11. The molecule has 1 heteroatoms. The number of hydrogen-bond acceptors (Lipinski definition) is 1. The number of hydrogen-bond donors (Lipinski definition) is 1. The van der Waals surface area contributed by atoms with Crippen molar-refractivity contribution in [2.75, 3.05) is 13.1 Å². The topological polar surface area (TPSA) is 12.0 Å². The van der Waals surface area contributed by atoms with Gasteiger partial charge in [-0.15, -0.1) is 0 Å². The Bertz CT molecular complexity index is 501. The first kappa shape index (κ1) is 14.8. The first-order valence-electron chi connectivity index (χ1n) is 7.58. The third-order valence-electron chi connectivity index (χ3n) is 4.11. The van der Waals surface area contributed by atoms with Gasteiger partial charge in [0.15, 0.2) is 0 Å². The van der Waals surface area contributed by atoms with E-state index in [0.717, 1.165) is 13.1 Å². The fourth-order valence-corrected chi connectivity index (χ4v) is 2.49. The molecule has 2 aromatic carbocycles. The summed E-state index contributed by atoms with van der Waals surface area (Å²) in [5, 5.41) is 3.44. The van der Waals surface area contributed by atoms with Crippen LogP contribution < -0.4 is 5.32 Å². The summed E-state index contributed by atoms with van der Waals surface area (Å²) in [6, 6.07) is 19.6. The normalized spacial score (nSPS) is 13.9. The fourth-order valence-electron chi connectivity index (χ4n) is 2.49. The quantitative estimate of drug-likeness (QED) is 0.799. The molecule has 106 valence electrons. The van der Waals surface area contributed by atoms with Crippen LogP contribution in [0, 0.1) is 5.92 Å². The van der Waals surface area contributed by atoms with Gasteiger partial charge in [-0.05, 0) is 41.6 Å². The van der Waals surface area contributed by atoms with Crippen LogP contribution in [0.3, 0.4) is 0 Å². The summed E-state index contributed by atoms with van der Waals surface area (Å²) in [4.78, 5) is 0. The summed E-state index contributed by atoms with van der Waals surface area (Å²) in [5.74, 6) is 1.23. The van der Waals surface area contributed by atoms with Gasteiger partial charge in [-0.1, -0.05) is 75.4 Å². The van der Waals surface area contributed by atoms with Crippen LogP contribution in [0.15, 0.2) is 54.6 Å². The predicted octanol–water partition coefficient (Wildman–Crippen LogP) is 4.70. The molecular weight excluding hydrogens is 242 g/mol. The van der Waals surface area contributed by atoms with Gasteiger partial charge in [-0.25, -0.2) is 0 Å². The second-order valence-electron chi connectivity index (χ2n) is 5.56. The van der Waals surface area contributed by atoms with Crippen LogP contribution in [0.2, 0.25) is 0 Å². The molecule has 2 unspecified atom stereocenters. The van der Waals surface area contributed by atoms with Crippen LogP contribution in [0.5, 0.6) is 0 Å². The molecule has 0 fully saturated rings. The molecule has 2 atom stereocenters. The lowest BCUT2D eigenvalue weighted by Crippen LogP contribution is -2.24. The molecule has 20 heavy (non-hydrogen) atoms. The molecule has 0 aliphatic rings. The van der Waals surface area contributed by atoms with Crippen LogP contribution in [-0.4, -0.2) is 13.1 Å². The summed E-state index contributed by atoms with van der Waals surface area (Å²) >= 11 is 0. The smallest absolute Gasteiger partial charge is 0.00175 e. The van der Waals surface area contributed by atoms with Crippen molar-refractivity contribution in [2.45, 2.75) is 26.7 Å². The van der Waals surface area contributed by atoms with E-state index in [9.17, 15) is 0 Å². The van der Waals surface area contributed by atoms with E-state index in [2.05, 4.69) is 80.7 Å². The molecule has 0 saturated heterocycles. The molecule has 2 rings (SSSR count). The lowest BCUT2D eigenvalue weighted by Gasteiger charge is -2.21. The number of benzene rings is 2. The Morgan fingerprint density at radius 3 is 2.05 bits per heavy atom. The third kappa shape index (κ3) is 3.71. The molecule has 0 saturated carbocycles. The highest BCUT2D eigenvalue weighted by Gasteiger charge is 2.13. The lowest BCUT2D eigenvalue weighted by atomic mass is 9.88. The van der Waals surface area contributed by atoms with Crippen molar-refractivity contribution >= 4 is 0 Å². The minimum atomic E-state index is 0.582. The Kier molecular flexibility index (Phi) is 5.37. The molecule has 0 aromatic heterocycles. The van der Waals surface area contributed by atoms with Crippen LogP contribution in [0.4, 0.5) is 0 Å². The van der Waals surface area contributed by atoms with E-state index in [0.29, 0.717) is 11.8 Å². The van der Waals surface area contributed by atoms with Crippen molar-refractivity contribution in [3.63, 3.8) is 0 Å². The van der Waals surface area contributed by atoms with E-state index in [1.807, 2.05) is 0 Å². The summed E-state index contributed by atoms with van der Waals surface area (Å²) in [6.45, 7) is 8.92. The summed E-state index contributed by atoms with van der Waals surface area (Å²) in [6.07, 6.45) is 0. The summed E-state index contributed by atoms with van der Waals surface area (Å²) in [5.41, 5.74) is 4.00. The zero-order valence-electron chi connectivity index (χ0n) is 12.8. The fraction of sp³-hybridized carbons (Fsp3) is 0.368. The van der Waals surface area contributed by atoms with Crippen molar-refractivity contribution in [3.8, 4) is 11.1 Å². The van der Waals surface area contributed by atoms with Gasteiger partial charge >= 0.3 is 0 Å². The number of nitrogens with one attached hydrogen (secondary N) is 1. The highest BCUT2D eigenvalue weighted by atomic mass is 14.8. The Morgan fingerprint density at radius 1 is 0.850 bits per heavy atom. The van der Waals surface area contributed by atoms with Crippen LogP contribution in [0.1, 0.15) is 32.3 Å². The van der Waals surface area contributed by atoms with Gasteiger partial charge in [0.25, 0.3) is 0 Å². The molecule has 0 heterocycles. The Balaban J connectivity index is 2.08. The second kappa shape index (κ2) is 7.25. The van der Waals surface area contributed by atoms with Crippen molar-refractivity contribution in [1.29, 1.82) is 0 Å². The first-order valence-corrected chi connectivity index (χ1v) is 7.58. The van der Waals surface area contributed by atoms with E-state index in [4.69, 9.17) is 0 Å². The Morgan fingerprint density at radius 2 is 1.45 bits per heavy atom. The maximum atomic E-state index is 3.44. The molecule has 0 amide bonds. The van der Waals surface area contributed by atoms with Gasteiger partial charge in [-0.2, -0.15) is 0 Å². The molecule has 2 aromatic rings. The predicted molar refractivity (Wildman–Crippen MR) is 88.0 cm³/mol. The van der Waals surface area contributed by atoms with Gasteiger partial charge in [0.05, 0.1) is 0 Å². The minimum absolute atomic E-state index is 0.582. The van der Waals surface area contributed by atoms with Crippen LogP contribution >= 0.6 is 0 Å². The average molecular weight is 267 g/mol. The number of rotatable bonds is 6. The molecule has 1 N–H and O–H groups in total. The standard InChI is InChI=1S/C19H25N/c1-4-20-14-15(2)16(3)17-10-12-19(13-11-17)18-8-6-5-7-9-18/h5-13,15-16,20H,4,14H2,1-3H3. The Labute approximate surface area is 123 Å². The van der Waals surface area contributed by atoms with Gasteiger partial charge in [0, 0.05) is 0 Å². The van der Waals surface area contributed by atoms with Crippen LogP contribution in [-0.2, 0) is 0 Å². The highest BCUT2D eigenvalue weighted by molar-refractivity contribution is 5.63. The molecule has 0 spiro atoms. The van der Waals surface area contributed by atoms with E-state index in [-0.39, 0.29) is 0 Å². The zero-order chi connectivity index (χ0) is 14.4. The highest BCUT2D eigenvalue weighted by Crippen LogP contribution is 2.26. The molecule has 0 aliphatic heterocycles. The maximum absolute atomic E-state index is 3.44. The molecule has 0 radical (unpaired) electrons. The van der Waals surface area contributed by atoms with Crippen LogP contribution in [0.25, 0.3) is 11.1 Å². The van der Waals surface area contributed by atoms with Crippen molar-refractivity contribution in [1.82, 2.24) is 5.32 Å². The van der Waals surface area contributed by atoms with Gasteiger partial charge in [-0.3, -0.25) is 0 Å².